The first kappa shape index (κ1) is 11.1. The third-order valence-corrected chi connectivity index (χ3v) is 3.32. The van der Waals surface area contributed by atoms with Crippen molar-refractivity contribution in [2.24, 2.45) is 5.73 Å². The average molecular weight is 219 g/mol. The van der Waals surface area contributed by atoms with Crippen LogP contribution in [0.1, 0.15) is 36.9 Å². The Balaban J connectivity index is 2.98. The maximum Gasteiger partial charge on any atom is 0.234 e. The molecule has 7 heteroatoms. The monoisotopic (exact) mass is 219 g/mol. The van der Waals surface area contributed by atoms with E-state index >= 15 is 0 Å². The lowest BCUT2D eigenvalue weighted by Crippen LogP contribution is -2.08. The average Bonchev–Trinajstić information content (AvgIpc) is 2.48. The molecule has 80 valence electrons. The van der Waals surface area contributed by atoms with E-state index in [4.69, 9.17) is 10.2 Å². The van der Waals surface area contributed by atoms with Crippen LogP contribution in [0.3, 0.4) is 0 Å². The molecule has 0 aliphatic carbocycles. The molecule has 0 radical (unpaired) electrons. The summed E-state index contributed by atoms with van der Waals surface area (Å²) in [6, 6.07) is -0.386. The predicted octanol–water partition coefficient (Wildman–Crippen LogP) is 0.195. The number of rotatable bonds is 3. The molecule has 0 amide bonds. The molecule has 0 fully saturated rings. The van der Waals surface area contributed by atoms with Gasteiger partial charge in [-0.3, -0.25) is 0 Å². The van der Waals surface area contributed by atoms with E-state index in [0.717, 1.165) is 6.26 Å². The van der Waals surface area contributed by atoms with E-state index in [0.29, 0.717) is 0 Å². The topological polar surface area (TPSA) is 99.1 Å². The molecular weight excluding hydrogens is 206 g/mol. The molecule has 0 saturated heterocycles. The molecule has 1 aromatic rings. The summed E-state index contributed by atoms with van der Waals surface area (Å²) in [7, 11) is -3.21. The molecule has 1 heterocycles. The Morgan fingerprint density at radius 3 is 2.14 bits per heavy atom. The number of nitrogens with zero attached hydrogens (tertiary/aromatic N) is 2. The first-order valence-electron chi connectivity index (χ1n) is 4.10. The number of hydrogen-bond donors (Lipinski definition) is 1. The van der Waals surface area contributed by atoms with E-state index in [1.807, 2.05) is 0 Å². The Hall–Kier alpha value is -0.950. The highest BCUT2D eigenvalue weighted by Gasteiger charge is 2.24. The summed E-state index contributed by atoms with van der Waals surface area (Å²) in [4.78, 5) is 0. The molecule has 0 spiro atoms. The smallest absolute Gasteiger partial charge is 0.234 e. The number of hydrogen-bond acceptors (Lipinski definition) is 6. The number of sulfone groups is 1. The van der Waals surface area contributed by atoms with Crippen molar-refractivity contribution in [1.29, 1.82) is 0 Å². The molecule has 0 saturated carbocycles. The van der Waals surface area contributed by atoms with Gasteiger partial charge in [0.1, 0.15) is 5.25 Å². The second-order valence-electron chi connectivity index (χ2n) is 3.24. The molecule has 0 aromatic carbocycles. The van der Waals surface area contributed by atoms with Crippen molar-refractivity contribution in [3.05, 3.63) is 11.8 Å². The van der Waals surface area contributed by atoms with Crippen molar-refractivity contribution in [2.75, 3.05) is 6.26 Å². The fourth-order valence-corrected chi connectivity index (χ4v) is 1.24. The van der Waals surface area contributed by atoms with Gasteiger partial charge in [0.2, 0.25) is 11.8 Å². The van der Waals surface area contributed by atoms with Crippen LogP contribution in [0, 0.1) is 0 Å². The quantitative estimate of drug-likeness (QED) is 0.779. The third kappa shape index (κ3) is 2.30. The molecule has 2 N–H and O–H groups in total. The van der Waals surface area contributed by atoms with Crippen molar-refractivity contribution in [2.45, 2.75) is 25.1 Å². The van der Waals surface area contributed by atoms with Gasteiger partial charge >= 0.3 is 0 Å². The number of aromatic nitrogens is 2. The van der Waals surface area contributed by atoms with Crippen molar-refractivity contribution < 1.29 is 12.8 Å². The second-order valence-corrected chi connectivity index (χ2v) is 5.61. The van der Waals surface area contributed by atoms with E-state index in [-0.39, 0.29) is 17.8 Å². The Morgan fingerprint density at radius 2 is 1.79 bits per heavy atom. The molecule has 1 aromatic heterocycles. The van der Waals surface area contributed by atoms with Gasteiger partial charge in [-0.15, -0.1) is 10.2 Å². The van der Waals surface area contributed by atoms with Crippen LogP contribution in [0.2, 0.25) is 0 Å². The molecular formula is C7H13N3O3S. The summed E-state index contributed by atoms with van der Waals surface area (Å²) in [6.45, 7) is 3.18. The largest absolute Gasteiger partial charge is 0.422 e. The van der Waals surface area contributed by atoms with Gasteiger partial charge in [-0.25, -0.2) is 8.42 Å². The maximum atomic E-state index is 11.2. The molecule has 1 rings (SSSR count). The van der Waals surface area contributed by atoms with E-state index in [2.05, 4.69) is 10.2 Å². The first-order valence-corrected chi connectivity index (χ1v) is 6.05. The first-order chi connectivity index (χ1) is 6.32. The van der Waals surface area contributed by atoms with Crippen molar-refractivity contribution in [3.8, 4) is 0 Å². The van der Waals surface area contributed by atoms with Crippen LogP contribution in [0.4, 0.5) is 0 Å². The SMILES string of the molecule is CC(N)c1nnc(C(C)S(C)(=O)=O)o1. The standard InChI is InChI=1S/C7H13N3O3S/c1-4(8)6-9-10-7(13-6)5(2)14(3,11)12/h4-5H,8H2,1-3H3. The summed E-state index contributed by atoms with van der Waals surface area (Å²) < 4.78 is 27.4. The van der Waals surface area contributed by atoms with E-state index in [9.17, 15) is 8.42 Å². The van der Waals surface area contributed by atoms with Gasteiger partial charge in [0.25, 0.3) is 0 Å². The normalized spacial score (nSPS) is 16.6. The minimum atomic E-state index is -3.21. The lowest BCUT2D eigenvalue weighted by molar-refractivity contribution is 0.424. The zero-order chi connectivity index (χ0) is 10.9. The van der Waals surface area contributed by atoms with Gasteiger partial charge in [-0.05, 0) is 13.8 Å². The van der Waals surface area contributed by atoms with Crippen molar-refractivity contribution >= 4 is 9.84 Å². The van der Waals surface area contributed by atoms with Crippen LogP contribution in [0.15, 0.2) is 4.42 Å². The highest BCUT2D eigenvalue weighted by atomic mass is 32.2. The molecule has 2 atom stereocenters. The zero-order valence-electron chi connectivity index (χ0n) is 8.26. The molecule has 0 bridgehead atoms. The molecule has 6 nitrogen and oxygen atoms in total. The van der Waals surface area contributed by atoms with E-state index in [1.54, 1.807) is 6.92 Å². The van der Waals surface area contributed by atoms with Crippen LogP contribution in [0.5, 0.6) is 0 Å². The molecule has 0 aliphatic heterocycles. The second kappa shape index (κ2) is 3.66. The summed E-state index contributed by atoms with van der Waals surface area (Å²) in [5, 5.41) is 6.48. The van der Waals surface area contributed by atoms with Gasteiger partial charge < -0.3 is 10.2 Å². The summed E-state index contributed by atoms with van der Waals surface area (Å²) in [5.41, 5.74) is 5.49. The van der Waals surface area contributed by atoms with Gasteiger partial charge in [-0.2, -0.15) is 0 Å². The summed E-state index contributed by atoms with van der Waals surface area (Å²) in [6.07, 6.45) is 1.12. The highest BCUT2D eigenvalue weighted by molar-refractivity contribution is 7.90. The Morgan fingerprint density at radius 1 is 1.29 bits per heavy atom. The van der Waals surface area contributed by atoms with E-state index < -0.39 is 15.1 Å². The fourth-order valence-electron chi connectivity index (χ4n) is 0.778. The minimum Gasteiger partial charge on any atom is -0.422 e. The van der Waals surface area contributed by atoms with Gasteiger partial charge in [0.15, 0.2) is 9.84 Å². The van der Waals surface area contributed by atoms with Crippen molar-refractivity contribution in [3.63, 3.8) is 0 Å². The van der Waals surface area contributed by atoms with Crippen LogP contribution in [0.25, 0.3) is 0 Å². The van der Waals surface area contributed by atoms with Crippen LogP contribution in [-0.2, 0) is 9.84 Å². The third-order valence-electron chi connectivity index (χ3n) is 1.84. The molecule has 0 aliphatic rings. The zero-order valence-corrected chi connectivity index (χ0v) is 9.08. The lowest BCUT2D eigenvalue weighted by atomic mass is 10.4. The number of nitrogens with two attached hydrogens (primary N) is 1. The van der Waals surface area contributed by atoms with Crippen LogP contribution in [-0.4, -0.2) is 24.9 Å². The van der Waals surface area contributed by atoms with Crippen LogP contribution >= 0.6 is 0 Å². The molecule has 14 heavy (non-hydrogen) atoms. The van der Waals surface area contributed by atoms with E-state index in [1.165, 1.54) is 6.92 Å². The summed E-state index contributed by atoms with van der Waals surface area (Å²) >= 11 is 0. The predicted molar refractivity (Wildman–Crippen MR) is 50.2 cm³/mol. The van der Waals surface area contributed by atoms with Crippen molar-refractivity contribution in [1.82, 2.24) is 10.2 Å². The molecule has 2 unspecified atom stereocenters. The van der Waals surface area contributed by atoms with Gasteiger partial charge in [0, 0.05) is 6.26 Å². The lowest BCUT2D eigenvalue weighted by Gasteiger charge is -2.02. The Labute approximate surface area is 82.4 Å². The Bertz CT molecular complexity index is 410. The summed E-state index contributed by atoms with van der Waals surface area (Å²) in [5.74, 6) is 0.329. The fraction of sp³-hybridized carbons (Fsp3) is 0.714. The highest BCUT2D eigenvalue weighted by Crippen LogP contribution is 2.20. The minimum absolute atomic E-state index is 0.0831. The van der Waals surface area contributed by atoms with Gasteiger partial charge in [0.05, 0.1) is 6.04 Å². The Kier molecular flexibility index (Phi) is 2.91. The van der Waals surface area contributed by atoms with Gasteiger partial charge in [-0.1, -0.05) is 0 Å². The van der Waals surface area contributed by atoms with Crippen LogP contribution < -0.4 is 5.73 Å². The maximum absolute atomic E-state index is 11.2.